The molecule has 0 aliphatic carbocycles. The van der Waals surface area contributed by atoms with Gasteiger partial charge in [0.15, 0.2) is 0 Å². The number of hydrogen-bond acceptors (Lipinski definition) is 6. The number of benzene rings is 1. The lowest BCUT2D eigenvalue weighted by Crippen LogP contribution is -2.39. The molecular weight excluding hydrogens is 334 g/mol. The minimum absolute atomic E-state index is 0.374. The number of likely N-dealkylation sites (tertiary alicyclic amines) is 1. The molecule has 0 amide bonds. The monoisotopic (exact) mass is 361 g/mol. The zero-order valence-electron chi connectivity index (χ0n) is 15.2. The van der Waals surface area contributed by atoms with Gasteiger partial charge in [-0.3, -0.25) is 0 Å². The van der Waals surface area contributed by atoms with Crippen molar-refractivity contribution in [3.05, 3.63) is 29.3 Å². The van der Waals surface area contributed by atoms with Crippen molar-refractivity contribution in [3.8, 4) is 5.69 Å². The summed E-state index contributed by atoms with van der Waals surface area (Å²) < 4.78 is 1.78. The van der Waals surface area contributed by atoms with Crippen LogP contribution >= 0.6 is 11.8 Å². The summed E-state index contributed by atoms with van der Waals surface area (Å²) in [6.07, 6.45) is 2.08. The molecule has 1 N–H and O–H groups in total. The maximum atomic E-state index is 10.4. The number of aliphatic hydroxyl groups is 1. The molecule has 2 aromatic rings. The highest BCUT2D eigenvalue weighted by Gasteiger charge is 2.20. The van der Waals surface area contributed by atoms with E-state index >= 15 is 0 Å². The molecule has 7 heteroatoms. The van der Waals surface area contributed by atoms with Crippen LogP contribution in [0.4, 0.5) is 0 Å². The molecule has 1 aliphatic heterocycles. The van der Waals surface area contributed by atoms with Crippen LogP contribution in [-0.2, 0) is 0 Å². The standard InChI is InChI=1S/C18H27N5OS/c1-13-7-9-22(10-8-13)11-16(24)12-25-18-19-20-21-23(18)17-14(2)5-4-6-15(17)3/h4-6,13,16,24H,7-12H2,1-3H3/t16-/m1/s1. The highest BCUT2D eigenvalue weighted by molar-refractivity contribution is 7.99. The first-order chi connectivity index (χ1) is 12.0. The van der Waals surface area contributed by atoms with Gasteiger partial charge in [0.1, 0.15) is 0 Å². The maximum absolute atomic E-state index is 10.4. The van der Waals surface area contributed by atoms with Crippen LogP contribution in [-0.4, -0.2) is 61.7 Å². The average Bonchev–Trinajstić information content (AvgIpc) is 3.03. The van der Waals surface area contributed by atoms with Gasteiger partial charge in [-0.1, -0.05) is 36.9 Å². The van der Waals surface area contributed by atoms with E-state index in [1.54, 1.807) is 4.68 Å². The third-order valence-electron chi connectivity index (χ3n) is 4.84. The third kappa shape index (κ3) is 4.59. The van der Waals surface area contributed by atoms with Crippen molar-refractivity contribution in [2.45, 2.75) is 44.9 Å². The third-order valence-corrected chi connectivity index (χ3v) is 5.91. The second-order valence-corrected chi connectivity index (χ2v) is 8.05. The minimum atomic E-state index is -0.374. The summed E-state index contributed by atoms with van der Waals surface area (Å²) in [5.74, 6) is 1.40. The second kappa shape index (κ2) is 8.29. The first-order valence-electron chi connectivity index (χ1n) is 8.92. The molecule has 0 bridgehead atoms. The van der Waals surface area contributed by atoms with E-state index in [0.717, 1.165) is 47.5 Å². The molecule has 0 saturated carbocycles. The zero-order valence-corrected chi connectivity index (χ0v) is 16.0. The number of nitrogens with zero attached hydrogens (tertiary/aromatic N) is 5. The number of tetrazole rings is 1. The van der Waals surface area contributed by atoms with E-state index < -0.39 is 0 Å². The summed E-state index contributed by atoms with van der Waals surface area (Å²) in [4.78, 5) is 2.36. The molecule has 1 fully saturated rings. The Labute approximate surface area is 153 Å². The average molecular weight is 362 g/mol. The van der Waals surface area contributed by atoms with Gasteiger partial charge in [0, 0.05) is 12.3 Å². The van der Waals surface area contributed by atoms with Crippen LogP contribution in [0, 0.1) is 19.8 Å². The Kier molecular flexibility index (Phi) is 6.09. The molecule has 0 unspecified atom stereocenters. The predicted octanol–water partition coefficient (Wildman–Crippen LogP) is 2.46. The van der Waals surface area contributed by atoms with Gasteiger partial charge in [-0.2, -0.15) is 4.68 Å². The zero-order chi connectivity index (χ0) is 17.8. The Morgan fingerprint density at radius 3 is 2.60 bits per heavy atom. The van der Waals surface area contributed by atoms with Gasteiger partial charge in [0.05, 0.1) is 11.8 Å². The number of aliphatic hydroxyl groups excluding tert-OH is 1. The van der Waals surface area contributed by atoms with Gasteiger partial charge in [-0.05, 0) is 67.3 Å². The van der Waals surface area contributed by atoms with E-state index in [1.165, 1.54) is 24.6 Å². The summed E-state index contributed by atoms with van der Waals surface area (Å²) in [6.45, 7) is 9.32. The van der Waals surface area contributed by atoms with Crippen molar-refractivity contribution in [2.75, 3.05) is 25.4 Å². The first-order valence-corrected chi connectivity index (χ1v) is 9.91. The molecule has 1 aliphatic rings. The van der Waals surface area contributed by atoms with Crippen LogP contribution in [0.5, 0.6) is 0 Å². The predicted molar refractivity (Wildman–Crippen MR) is 100 cm³/mol. The van der Waals surface area contributed by atoms with E-state index in [4.69, 9.17) is 0 Å². The summed E-state index contributed by atoms with van der Waals surface area (Å²) in [7, 11) is 0. The number of para-hydroxylation sites is 1. The van der Waals surface area contributed by atoms with Crippen molar-refractivity contribution in [3.63, 3.8) is 0 Å². The van der Waals surface area contributed by atoms with Crippen LogP contribution in [0.1, 0.15) is 30.9 Å². The summed E-state index contributed by atoms with van der Waals surface area (Å²) in [6, 6.07) is 6.16. The maximum Gasteiger partial charge on any atom is 0.214 e. The summed E-state index contributed by atoms with van der Waals surface area (Å²) in [5, 5.41) is 23.3. The molecule has 6 nitrogen and oxygen atoms in total. The molecule has 0 radical (unpaired) electrons. The second-order valence-electron chi connectivity index (χ2n) is 7.06. The molecule has 1 saturated heterocycles. The molecule has 3 rings (SSSR count). The van der Waals surface area contributed by atoms with E-state index in [9.17, 15) is 5.11 Å². The van der Waals surface area contributed by atoms with Gasteiger partial charge in [0.2, 0.25) is 5.16 Å². The van der Waals surface area contributed by atoms with Gasteiger partial charge < -0.3 is 10.0 Å². The Balaban J connectivity index is 1.60. The van der Waals surface area contributed by atoms with E-state index in [0.29, 0.717) is 5.75 Å². The van der Waals surface area contributed by atoms with Gasteiger partial charge in [0.25, 0.3) is 0 Å². The summed E-state index contributed by atoms with van der Waals surface area (Å²) in [5.41, 5.74) is 3.30. The van der Waals surface area contributed by atoms with E-state index in [1.807, 2.05) is 6.07 Å². The SMILES string of the molecule is Cc1cccc(C)c1-n1nnnc1SC[C@H](O)CN1CCC(C)CC1. The van der Waals surface area contributed by atoms with E-state index in [-0.39, 0.29) is 6.10 Å². The number of thioether (sulfide) groups is 1. The van der Waals surface area contributed by atoms with Crippen LogP contribution in [0.25, 0.3) is 5.69 Å². The first kappa shape index (κ1) is 18.4. The Hall–Kier alpha value is -1.44. The van der Waals surface area contributed by atoms with Crippen LogP contribution in [0.2, 0.25) is 0 Å². The van der Waals surface area contributed by atoms with Crippen LogP contribution < -0.4 is 0 Å². The molecule has 1 aromatic carbocycles. The number of aromatic nitrogens is 4. The number of β-amino-alcohol motifs (C(OH)–C–C–N with tert-alkyl or cyclic N) is 1. The molecule has 1 aromatic heterocycles. The number of rotatable bonds is 6. The number of piperidine rings is 1. The van der Waals surface area contributed by atoms with Crippen molar-refractivity contribution in [2.24, 2.45) is 5.92 Å². The number of aryl methyl sites for hydroxylation is 2. The lowest BCUT2D eigenvalue weighted by molar-refractivity contribution is 0.105. The highest BCUT2D eigenvalue weighted by Crippen LogP contribution is 2.24. The fraction of sp³-hybridized carbons (Fsp3) is 0.611. The fourth-order valence-corrected chi connectivity index (χ4v) is 4.11. The Morgan fingerprint density at radius 1 is 1.24 bits per heavy atom. The highest BCUT2D eigenvalue weighted by atomic mass is 32.2. The normalized spacial score (nSPS) is 17.8. The Bertz CT molecular complexity index is 676. The largest absolute Gasteiger partial charge is 0.391 e. The van der Waals surface area contributed by atoms with Gasteiger partial charge in [-0.15, -0.1) is 5.10 Å². The molecule has 2 heterocycles. The van der Waals surface area contributed by atoms with Crippen molar-refractivity contribution in [1.82, 2.24) is 25.1 Å². The lowest BCUT2D eigenvalue weighted by Gasteiger charge is -2.31. The quantitative estimate of drug-likeness (QED) is 0.797. The number of hydrogen-bond donors (Lipinski definition) is 1. The lowest BCUT2D eigenvalue weighted by atomic mass is 9.99. The van der Waals surface area contributed by atoms with Gasteiger partial charge in [-0.25, -0.2) is 0 Å². The van der Waals surface area contributed by atoms with E-state index in [2.05, 4.69) is 53.3 Å². The molecule has 0 spiro atoms. The van der Waals surface area contributed by atoms with Crippen molar-refractivity contribution in [1.29, 1.82) is 0 Å². The molecule has 136 valence electrons. The Morgan fingerprint density at radius 2 is 1.92 bits per heavy atom. The molecular formula is C18H27N5OS. The van der Waals surface area contributed by atoms with Crippen molar-refractivity contribution < 1.29 is 5.11 Å². The van der Waals surface area contributed by atoms with Crippen LogP contribution in [0.15, 0.2) is 23.4 Å². The fourth-order valence-electron chi connectivity index (χ4n) is 3.32. The smallest absolute Gasteiger partial charge is 0.214 e. The van der Waals surface area contributed by atoms with Crippen molar-refractivity contribution >= 4 is 11.8 Å². The molecule has 25 heavy (non-hydrogen) atoms. The summed E-state index contributed by atoms with van der Waals surface area (Å²) >= 11 is 1.51. The topological polar surface area (TPSA) is 67.1 Å². The minimum Gasteiger partial charge on any atom is -0.391 e. The van der Waals surface area contributed by atoms with Crippen LogP contribution in [0.3, 0.4) is 0 Å². The molecule has 1 atom stereocenters. The van der Waals surface area contributed by atoms with Gasteiger partial charge >= 0.3 is 0 Å².